The van der Waals surface area contributed by atoms with Crippen molar-refractivity contribution < 1.29 is 4.79 Å². The number of aryl methyl sites for hydroxylation is 1. The second-order valence-electron chi connectivity index (χ2n) is 5.22. The summed E-state index contributed by atoms with van der Waals surface area (Å²) in [6, 6.07) is 6.74. The molecule has 1 heterocycles. The summed E-state index contributed by atoms with van der Waals surface area (Å²) in [6.07, 6.45) is 1.85. The van der Waals surface area contributed by atoms with Crippen molar-refractivity contribution in [1.29, 1.82) is 0 Å². The van der Waals surface area contributed by atoms with Crippen LogP contribution in [0.25, 0.3) is 0 Å². The van der Waals surface area contributed by atoms with Gasteiger partial charge in [-0.2, -0.15) is 0 Å². The molecule has 16 heavy (non-hydrogen) atoms. The molecule has 1 fully saturated rings. The third-order valence-electron chi connectivity index (χ3n) is 4.08. The molecule has 1 aromatic rings. The summed E-state index contributed by atoms with van der Waals surface area (Å²) >= 11 is 0. The number of carbonyl (C=O) groups excluding carboxylic acids is 1. The predicted octanol–water partition coefficient (Wildman–Crippen LogP) is 2.68. The van der Waals surface area contributed by atoms with Crippen LogP contribution in [0.5, 0.6) is 0 Å². The molecule has 84 valence electrons. The summed E-state index contributed by atoms with van der Waals surface area (Å²) < 4.78 is 0. The maximum absolute atomic E-state index is 11.5. The van der Waals surface area contributed by atoms with Crippen molar-refractivity contribution >= 4 is 5.91 Å². The largest absolute Gasteiger partial charge is 0.349 e. The lowest BCUT2D eigenvalue weighted by Crippen LogP contribution is -2.27. The van der Waals surface area contributed by atoms with E-state index in [0.29, 0.717) is 18.3 Å². The first-order valence-corrected chi connectivity index (χ1v) is 6.05. The Morgan fingerprint density at radius 2 is 2.19 bits per heavy atom. The SMILES string of the molecule is Cc1cccc2c1C(C)CC1CC(=O)NC21. The van der Waals surface area contributed by atoms with E-state index in [1.54, 1.807) is 0 Å². The number of carbonyl (C=O) groups is 1. The number of fused-ring (bicyclic) bond motifs is 3. The Balaban J connectivity index is 2.13. The van der Waals surface area contributed by atoms with Crippen molar-refractivity contribution in [1.82, 2.24) is 5.32 Å². The summed E-state index contributed by atoms with van der Waals surface area (Å²) in [5, 5.41) is 3.12. The zero-order chi connectivity index (χ0) is 11.3. The van der Waals surface area contributed by atoms with Crippen LogP contribution < -0.4 is 5.32 Å². The molecule has 2 nitrogen and oxygen atoms in total. The monoisotopic (exact) mass is 215 g/mol. The van der Waals surface area contributed by atoms with Gasteiger partial charge in [0.1, 0.15) is 0 Å². The Labute approximate surface area is 96.1 Å². The fourth-order valence-corrected chi connectivity index (χ4v) is 3.48. The van der Waals surface area contributed by atoms with Crippen molar-refractivity contribution in [3.05, 3.63) is 34.9 Å². The van der Waals surface area contributed by atoms with Gasteiger partial charge in [0.15, 0.2) is 0 Å². The predicted molar refractivity (Wildman–Crippen MR) is 63.2 cm³/mol. The zero-order valence-electron chi connectivity index (χ0n) is 9.79. The van der Waals surface area contributed by atoms with Crippen molar-refractivity contribution in [2.24, 2.45) is 5.92 Å². The third kappa shape index (κ3) is 1.29. The van der Waals surface area contributed by atoms with Crippen LogP contribution in [-0.2, 0) is 4.79 Å². The normalized spacial score (nSPS) is 31.9. The van der Waals surface area contributed by atoms with Crippen molar-refractivity contribution in [3.8, 4) is 0 Å². The lowest BCUT2D eigenvalue weighted by Gasteiger charge is -2.33. The third-order valence-corrected chi connectivity index (χ3v) is 4.08. The molecule has 0 aromatic heterocycles. The molecule has 1 amide bonds. The molecule has 3 atom stereocenters. The van der Waals surface area contributed by atoms with E-state index in [-0.39, 0.29) is 11.9 Å². The number of benzene rings is 1. The summed E-state index contributed by atoms with van der Waals surface area (Å²) in [4.78, 5) is 11.5. The number of nitrogens with one attached hydrogen (secondary N) is 1. The molecule has 1 aliphatic carbocycles. The Morgan fingerprint density at radius 3 is 3.00 bits per heavy atom. The minimum absolute atomic E-state index is 0.219. The number of amides is 1. The van der Waals surface area contributed by atoms with Crippen molar-refractivity contribution in [2.75, 3.05) is 0 Å². The molecular formula is C14H17NO. The van der Waals surface area contributed by atoms with Crippen LogP contribution in [0.1, 0.15) is 48.4 Å². The van der Waals surface area contributed by atoms with Crippen LogP contribution in [0, 0.1) is 12.8 Å². The number of hydrogen-bond acceptors (Lipinski definition) is 1. The lowest BCUT2D eigenvalue weighted by molar-refractivity contribution is -0.119. The van der Waals surface area contributed by atoms with Crippen molar-refractivity contribution in [3.63, 3.8) is 0 Å². The molecule has 1 aliphatic heterocycles. The molecule has 0 saturated carbocycles. The molecule has 3 rings (SSSR count). The molecule has 0 spiro atoms. The highest BCUT2D eigenvalue weighted by Gasteiger charge is 2.39. The van der Waals surface area contributed by atoms with Gasteiger partial charge in [0, 0.05) is 6.42 Å². The molecule has 0 bridgehead atoms. The topological polar surface area (TPSA) is 29.1 Å². The summed E-state index contributed by atoms with van der Waals surface area (Å²) in [5.74, 6) is 1.32. The standard InChI is InChI=1S/C14H17NO/c1-8-4-3-5-11-13(8)9(2)6-10-7-12(16)15-14(10)11/h3-5,9-10,14H,6-7H2,1-2H3,(H,15,16). The van der Waals surface area contributed by atoms with Crippen LogP contribution >= 0.6 is 0 Å². The van der Waals surface area contributed by atoms with Gasteiger partial charge in [0.05, 0.1) is 6.04 Å². The summed E-state index contributed by atoms with van der Waals surface area (Å²) in [5.41, 5.74) is 4.19. The first-order valence-electron chi connectivity index (χ1n) is 6.05. The van der Waals surface area contributed by atoms with E-state index in [9.17, 15) is 4.79 Å². The summed E-state index contributed by atoms with van der Waals surface area (Å²) in [7, 11) is 0. The zero-order valence-corrected chi connectivity index (χ0v) is 9.79. The van der Waals surface area contributed by atoms with Gasteiger partial charge in [-0.1, -0.05) is 25.1 Å². The molecule has 2 aliphatic rings. The molecule has 3 unspecified atom stereocenters. The average molecular weight is 215 g/mol. The van der Waals surface area contributed by atoms with Gasteiger partial charge in [0.2, 0.25) is 5.91 Å². The first-order chi connectivity index (χ1) is 7.66. The van der Waals surface area contributed by atoms with Gasteiger partial charge < -0.3 is 5.32 Å². The Bertz CT molecular complexity index is 452. The quantitative estimate of drug-likeness (QED) is 0.708. The highest BCUT2D eigenvalue weighted by atomic mass is 16.2. The number of rotatable bonds is 0. The van der Waals surface area contributed by atoms with Gasteiger partial charge >= 0.3 is 0 Å². The second kappa shape index (κ2) is 3.34. The Hall–Kier alpha value is -1.31. The van der Waals surface area contributed by atoms with Crippen LogP contribution in [-0.4, -0.2) is 5.91 Å². The smallest absolute Gasteiger partial charge is 0.220 e. The van der Waals surface area contributed by atoms with E-state index in [1.807, 2.05) is 0 Å². The second-order valence-corrected chi connectivity index (χ2v) is 5.22. The fraction of sp³-hybridized carbons (Fsp3) is 0.500. The minimum atomic E-state index is 0.219. The van der Waals surface area contributed by atoms with Crippen LogP contribution in [0.2, 0.25) is 0 Å². The maximum atomic E-state index is 11.5. The van der Waals surface area contributed by atoms with E-state index >= 15 is 0 Å². The Morgan fingerprint density at radius 1 is 1.38 bits per heavy atom. The molecule has 1 N–H and O–H groups in total. The molecule has 1 saturated heterocycles. The highest BCUT2D eigenvalue weighted by Crippen LogP contribution is 2.46. The van der Waals surface area contributed by atoms with E-state index in [4.69, 9.17) is 0 Å². The Kier molecular flexibility index (Phi) is 2.06. The van der Waals surface area contributed by atoms with Crippen LogP contribution in [0.3, 0.4) is 0 Å². The van der Waals surface area contributed by atoms with E-state index in [0.717, 1.165) is 6.42 Å². The highest BCUT2D eigenvalue weighted by molar-refractivity contribution is 5.79. The minimum Gasteiger partial charge on any atom is -0.349 e. The molecule has 0 radical (unpaired) electrons. The van der Waals surface area contributed by atoms with Gasteiger partial charge in [0.25, 0.3) is 0 Å². The van der Waals surface area contributed by atoms with E-state index < -0.39 is 0 Å². The van der Waals surface area contributed by atoms with Crippen molar-refractivity contribution in [2.45, 2.75) is 38.6 Å². The maximum Gasteiger partial charge on any atom is 0.220 e. The van der Waals surface area contributed by atoms with Gasteiger partial charge in [-0.15, -0.1) is 0 Å². The van der Waals surface area contributed by atoms with Gasteiger partial charge in [-0.05, 0) is 41.9 Å². The fourth-order valence-electron chi connectivity index (χ4n) is 3.48. The lowest BCUT2D eigenvalue weighted by atomic mass is 9.73. The molecule has 2 heteroatoms. The van der Waals surface area contributed by atoms with Gasteiger partial charge in [-0.25, -0.2) is 0 Å². The van der Waals surface area contributed by atoms with E-state index in [2.05, 4.69) is 37.4 Å². The van der Waals surface area contributed by atoms with Gasteiger partial charge in [-0.3, -0.25) is 4.79 Å². The first kappa shape index (κ1) is 9.88. The van der Waals surface area contributed by atoms with Crippen LogP contribution in [0.4, 0.5) is 0 Å². The number of hydrogen-bond donors (Lipinski definition) is 1. The van der Waals surface area contributed by atoms with Crippen LogP contribution in [0.15, 0.2) is 18.2 Å². The molecule has 1 aromatic carbocycles. The van der Waals surface area contributed by atoms with E-state index in [1.165, 1.54) is 16.7 Å². The average Bonchev–Trinajstić information content (AvgIpc) is 2.58. The summed E-state index contributed by atoms with van der Waals surface area (Å²) in [6.45, 7) is 4.46. The molecular weight excluding hydrogens is 198 g/mol.